The number of ether oxygens (including phenoxy) is 1. The van der Waals surface area contributed by atoms with E-state index in [1.807, 2.05) is 45.3 Å². The Balaban J connectivity index is 1.67. The molecule has 0 bridgehead atoms. The molecule has 2 aromatic carbocycles. The van der Waals surface area contributed by atoms with Crippen molar-refractivity contribution in [2.24, 2.45) is 11.0 Å². The van der Waals surface area contributed by atoms with E-state index in [1.54, 1.807) is 5.01 Å². The molecule has 1 heterocycles. The van der Waals surface area contributed by atoms with E-state index in [0.29, 0.717) is 6.42 Å². The van der Waals surface area contributed by atoms with Gasteiger partial charge in [0.1, 0.15) is 11.9 Å². The molecule has 0 aromatic heterocycles. The summed E-state index contributed by atoms with van der Waals surface area (Å²) in [7, 11) is 4.09. The molecule has 0 N–H and O–H groups in total. The average molecular weight is 392 g/mol. The Hall–Kier alpha value is -2.66. The highest BCUT2D eigenvalue weighted by Gasteiger charge is 2.34. The second kappa shape index (κ2) is 7.99. The molecule has 1 aliphatic heterocycles. The number of hydrogen-bond acceptors (Lipinski definition) is 4. The molecule has 2 aromatic rings. The fourth-order valence-corrected chi connectivity index (χ4v) is 4.24. The van der Waals surface area contributed by atoms with Gasteiger partial charge in [0.2, 0.25) is 5.91 Å². The van der Waals surface area contributed by atoms with Crippen LogP contribution in [0.5, 0.6) is 5.75 Å². The Labute approximate surface area is 173 Å². The Morgan fingerprint density at radius 3 is 2.69 bits per heavy atom. The summed E-state index contributed by atoms with van der Waals surface area (Å²) in [5.74, 6) is 1.12. The third kappa shape index (κ3) is 4.20. The van der Waals surface area contributed by atoms with Crippen molar-refractivity contribution in [2.75, 3.05) is 25.6 Å². The first-order valence-electron chi connectivity index (χ1n) is 10.3. The summed E-state index contributed by atoms with van der Waals surface area (Å²) in [6.07, 6.45) is 2.55. The van der Waals surface area contributed by atoms with Crippen LogP contribution in [0.25, 0.3) is 0 Å². The average Bonchev–Trinajstić information content (AvgIpc) is 2.67. The van der Waals surface area contributed by atoms with Crippen LogP contribution in [0.1, 0.15) is 36.5 Å². The first-order valence-corrected chi connectivity index (χ1v) is 10.3. The van der Waals surface area contributed by atoms with Crippen molar-refractivity contribution in [3.05, 3.63) is 59.2 Å². The molecule has 2 aliphatic rings. The first kappa shape index (κ1) is 19.6. The van der Waals surface area contributed by atoms with Gasteiger partial charge >= 0.3 is 0 Å². The number of benzene rings is 2. The number of amides is 1. The summed E-state index contributed by atoms with van der Waals surface area (Å²) < 4.78 is 6.14. The van der Waals surface area contributed by atoms with Crippen molar-refractivity contribution < 1.29 is 9.53 Å². The zero-order valence-corrected chi connectivity index (χ0v) is 17.7. The van der Waals surface area contributed by atoms with Crippen molar-refractivity contribution in [1.29, 1.82) is 0 Å². The Bertz CT molecular complexity index is 934. The Morgan fingerprint density at radius 2 is 1.97 bits per heavy atom. The second-order valence-electron chi connectivity index (χ2n) is 8.48. The van der Waals surface area contributed by atoms with Crippen LogP contribution >= 0.6 is 0 Å². The Morgan fingerprint density at radius 1 is 1.21 bits per heavy atom. The highest BCUT2D eigenvalue weighted by Crippen LogP contribution is 2.35. The topological polar surface area (TPSA) is 45.1 Å². The van der Waals surface area contributed by atoms with E-state index in [0.717, 1.165) is 42.1 Å². The number of aryl methyl sites for hydroxylation is 2. The molecular formula is C24H29N3O2. The lowest BCUT2D eigenvalue weighted by Crippen LogP contribution is -2.39. The molecule has 1 aliphatic carbocycles. The van der Waals surface area contributed by atoms with Gasteiger partial charge in [0.25, 0.3) is 0 Å². The van der Waals surface area contributed by atoms with Crippen LogP contribution in [0.3, 0.4) is 0 Å². The third-order valence-corrected chi connectivity index (χ3v) is 5.61. The maximum atomic E-state index is 12.8. The zero-order chi connectivity index (χ0) is 20.5. The summed E-state index contributed by atoms with van der Waals surface area (Å²) in [5, 5.41) is 6.40. The normalized spacial score (nSPS) is 19.5. The molecule has 5 nitrogen and oxygen atoms in total. The molecule has 5 heteroatoms. The maximum Gasteiger partial charge on any atom is 0.248 e. The molecule has 4 rings (SSSR count). The molecule has 0 radical (unpaired) electrons. The van der Waals surface area contributed by atoms with Crippen molar-refractivity contribution in [3.8, 4) is 5.75 Å². The van der Waals surface area contributed by atoms with Gasteiger partial charge in [0.15, 0.2) is 0 Å². The molecule has 2 atom stereocenters. The largest absolute Gasteiger partial charge is 0.489 e. The summed E-state index contributed by atoms with van der Waals surface area (Å²) in [6, 6.07) is 14.3. The van der Waals surface area contributed by atoms with Gasteiger partial charge in [-0.1, -0.05) is 23.8 Å². The number of hydrazone groups is 1. The second-order valence-corrected chi connectivity index (χ2v) is 8.48. The molecule has 1 amide bonds. The van der Waals surface area contributed by atoms with Crippen molar-refractivity contribution in [3.63, 3.8) is 0 Å². The number of likely N-dealkylation sites (N-methyl/N-ethyl adjacent to an activating group) is 1. The van der Waals surface area contributed by atoms with E-state index >= 15 is 0 Å². The van der Waals surface area contributed by atoms with Crippen LogP contribution < -0.4 is 9.75 Å². The van der Waals surface area contributed by atoms with Gasteiger partial charge in [-0.3, -0.25) is 4.79 Å². The van der Waals surface area contributed by atoms with E-state index in [1.165, 1.54) is 11.1 Å². The maximum absolute atomic E-state index is 12.8. The lowest BCUT2D eigenvalue weighted by atomic mass is 9.79. The highest BCUT2D eigenvalue weighted by atomic mass is 16.5. The predicted octanol–water partition coefficient (Wildman–Crippen LogP) is 4.03. The zero-order valence-electron chi connectivity index (χ0n) is 17.7. The SMILES string of the molecule is Cc1ccc(N2N=C3c4cc(OC(C)CN(C)C)ccc4CCC3CC2=O)cc1. The standard InChI is InChI=1S/C24H29N3O2/c1-16-5-10-20(11-6-16)27-23(28)13-19-8-7-18-9-12-21(14-22(18)24(19)25-27)29-17(2)15-26(3)4/h5-6,9-12,14,17,19H,7-8,13,15H2,1-4H3. The minimum absolute atomic E-state index is 0.0677. The summed E-state index contributed by atoms with van der Waals surface area (Å²) in [4.78, 5) is 14.9. The number of carbonyl (C=O) groups is 1. The summed E-state index contributed by atoms with van der Waals surface area (Å²) in [6.45, 7) is 4.98. The van der Waals surface area contributed by atoms with Gasteiger partial charge in [0, 0.05) is 24.4 Å². The minimum Gasteiger partial charge on any atom is -0.489 e. The molecule has 0 spiro atoms. The number of fused-ring (bicyclic) bond motifs is 3. The molecule has 0 saturated heterocycles. The summed E-state index contributed by atoms with van der Waals surface area (Å²) in [5.41, 5.74) is 5.41. The van der Waals surface area contributed by atoms with E-state index in [4.69, 9.17) is 9.84 Å². The fourth-order valence-electron chi connectivity index (χ4n) is 4.24. The van der Waals surface area contributed by atoms with Gasteiger partial charge in [-0.05, 0) is 70.6 Å². The van der Waals surface area contributed by atoms with Crippen LogP contribution in [-0.4, -0.2) is 43.3 Å². The third-order valence-electron chi connectivity index (χ3n) is 5.61. The number of anilines is 1. The molecule has 152 valence electrons. The van der Waals surface area contributed by atoms with Crippen LogP contribution in [0.15, 0.2) is 47.6 Å². The first-order chi connectivity index (χ1) is 13.9. The smallest absolute Gasteiger partial charge is 0.248 e. The number of carbonyl (C=O) groups excluding carboxylic acids is 1. The fraction of sp³-hybridized carbons (Fsp3) is 0.417. The summed E-state index contributed by atoms with van der Waals surface area (Å²) >= 11 is 0. The van der Waals surface area contributed by atoms with Gasteiger partial charge in [-0.15, -0.1) is 0 Å². The van der Waals surface area contributed by atoms with Crippen molar-refractivity contribution in [2.45, 2.75) is 39.2 Å². The van der Waals surface area contributed by atoms with Crippen molar-refractivity contribution >= 4 is 17.3 Å². The van der Waals surface area contributed by atoms with Crippen LogP contribution in [0.4, 0.5) is 5.69 Å². The lowest BCUT2D eigenvalue weighted by Gasteiger charge is -2.33. The molecule has 2 unspecified atom stereocenters. The van der Waals surface area contributed by atoms with Gasteiger partial charge in [0.05, 0.1) is 11.4 Å². The number of nitrogens with zero attached hydrogens (tertiary/aromatic N) is 3. The van der Waals surface area contributed by atoms with Gasteiger partial charge in [-0.25, -0.2) is 5.01 Å². The number of rotatable bonds is 5. The molecule has 0 fully saturated rings. The van der Waals surface area contributed by atoms with E-state index in [-0.39, 0.29) is 17.9 Å². The minimum atomic E-state index is 0.0677. The van der Waals surface area contributed by atoms with Crippen molar-refractivity contribution in [1.82, 2.24) is 4.90 Å². The molecular weight excluding hydrogens is 362 g/mol. The van der Waals surface area contributed by atoms with Crippen LogP contribution in [0, 0.1) is 12.8 Å². The lowest BCUT2D eigenvalue weighted by molar-refractivity contribution is -0.119. The quantitative estimate of drug-likeness (QED) is 0.773. The van der Waals surface area contributed by atoms with E-state index < -0.39 is 0 Å². The van der Waals surface area contributed by atoms with Gasteiger partial charge < -0.3 is 9.64 Å². The monoisotopic (exact) mass is 391 g/mol. The van der Waals surface area contributed by atoms with Gasteiger partial charge in [-0.2, -0.15) is 5.10 Å². The Kier molecular flexibility index (Phi) is 5.41. The van der Waals surface area contributed by atoms with E-state index in [9.17, 15) is 4.79 Å². The highest BCUT2D eigenvalue weighted by molar-refractivity contribution is 6.11. The molecule has 29 heavy (non-hydrogen) atoms. The van der Waals surface area contributed by atoms with Crippen LogP contribution in [0.2, 0.25) is 0 Å². The van der Waals surface area contributed by atoms with Crippen LogP contribution in [-0.2, 0) is 11.2 Å². The van der Waals surface area contributed by atoms with E-state index in [2.05, 4.69) is 30.0 Å². The predicted molar refractivity (Wildman–Crippen MR) is 117 cm³/mol. The molecule has 0 saturated carbocycles. The number of hydrogen-bond donors (Lipinski definition) is 0.